The number of ether oxygens (including phenoxy) is 1. The summed E-state index contributed by atoms with van der Waals surface area (Å²) >= 11 is 11.0. The molecule has 0 amide bonds. The fourth-order valence-corrected chi connectivity index (χ4v) is 1.17. The predicted octanol–water partition coefficient (Wildman–Crippen LogP) is 3.31. The largest absolute Gasteiger partial charge is 0.497 e. The Morgan fingerprint density at radius 2 is 2.08 bits per heavy atom. The van der Waals surface area contributed by atoms with Crippen molar-refractivity contribution in [3.8, 4) is 5.75 Å². The summed E-state index contributed by atoms with van der Waals surface area (Å²) in [6.07, 6.45) is 0. The molecule has 0 saturated carbocycles. The van der Waals surface area contributed by atoms with Gasteiger partial charge in [-0.15, -0.1) is 0 Å². The van der Waals surface area contributed by atoms with Gasteiger partial charge >= 0.3 is 0 Å². The van der Waals surface area contributed by atoms with Crippen molar-refractivity contribution in [2.75, 3.05) is 7.11 Å². The van der Waals surface area contributed by atoms with E-state index in [1.165, 1.54) is 19.2 Å². The van der Waals surface area contributed by atoms with E-state index in [-0.39, 0.29) is 5.56 Å². The van der Waals surface area contributed by atoms with Crippen LogP contribution >= 0.6 is 23.2 Å². The molecule has 0 atom stereocenters. The Bertz CT molecular complexity index is 276. The maximum Gasteiger partial charge on any atom is 0.135 e. The van der Waals surface area contributed by atoms with Gasteiger partial charge in [0.25, 0.3) is 0 Å². The summed E-state index contributed by atoms with van der Waals surface area (Å²) in [5.41, 5.74) is 0.263. The fraction of sp³-hybridized carbons (Fsp3) is 0.250. The average molecular weight is 209 g/mol. The van der Waals surface area contributed by atoms with Crippen LogP contribution in [-0.2, 0) is 0 Å². The van der Waals surface area contributed by atoms with Gasteiger partial charge in [-0.1, -0.05) is 23.2 Å². The number of methoxy groups -OCH3 is 1. The second kappa shape index (κ2) is 3.97. The molecule has 1 nitrogen and oxygen atoms in total. The van der Waals surface area contributed by atoms with Crippen LogP contribution in [0.1, 0.15) is 10.4 Å². The molecule has 0 radical (unpaired) electrons. The van der Waals surface area contributed by atoms with Crippen molar-refractivity contribution in [2.24, 2.45) is 0 Å². The second-order valence-electron chi connectivity index (χ2n) is 2.19. The van der Waals surface area contributed by atoms with Gasteiger partial charge in [-0.05, 0) is 12.1 Å². The Balaban J connectivity index is 3.03. The molecule has 0 heterocycles. The normalized spacial score (nSPS) is 10.4. The minimum atomic E-state index is -0.837. The van der Waals surface area contributed by atoms with Gasteiger partial charge in [0, 0.05) is 11.6 Å². The smallest absolute Gasteiger partial charge is 0.135 e. The van der Waals surface area contributed by atoms with E-state index in [1.54, 1.807) is 6.07 Å². The summed E-state index contributed by atoms with van der Waals surface area (Å²) in [7, 11) is 1.47. The summed E-state index contributed by atoms with van der Waals surface area (Å²) in [5, 5.41) is 0. The van der Waals surface area contributed by atoms with E-state index in [0.29, 0.717) is 5.75 Å². The van der Waals surface area contributed by atoms with Gasteiger partial charge in [0.05, 0.1) is 7.11 Å². The van der Waals surface area contributed by atoms with Crippen molar-refractivity contribution in [3.05, 3.63) is 29.6 Å². The molecule has 0 aliphatic rings. The zero-order chi connectivity index (χ0) is 9.14. The molecule has 4 heteroatoms. The van der Waals surface area contributed by atoms with Crippen LogP contribution in [0.15, 0.2) is 18.2 Å². The van der Waals surface area contributed by atoms with Crippen molar-refractivity contribution in [1.82, 2.24) is 0 Å². The summed E-state index contributed by atoms with van der Waals surface area (Å²) in [4.78, 5) is -0.837. The first kappa shape index (κ1) is 9.62. The van der Waals surface area contributed by atoms with E-state index in [1.807, 2.05) is 0 Å². The van der Waals surface area contributed by atoms with E-state index < -0.39 is 10.7 Å². The monoisotopic (exact) mass is 208 g/mol. The van der Waals surface area contributed by atoms with Gasteiger partial charge in [0.15, 0.2) is 0 Å². The zero-order valence-electron chi connectivity index (χ0n) is 6.35. The Morgan fingerprint density at radius 3 is 2.50 bits per heavy atom. The highest BCUT2D eigenvalue weighted by atomic mass is 35.5. The first-order valence-electron chi connectivity index (χ1n) is 3.26. The van der Waals surface area contributed by atoms with Gasteiger partial charge in [-0.2, -0.15) is 0 Å². The van der Waals surface area contributed by atoms with Crippen LogP contribution in [0.5, 0.6) is 5.75 Å². The van der Waals surface area contributed by atoms with Crippen LogP contribution in [0.25, 0.3) is 0 Å². The van der Waals surface area contributed by atoms with E-state index in [0.717, 1.165) is 0 Å². The lowest BCUT2D eigenvalue weighted by atomic mass is 10.2. The maximum absolute atomic E-state index is 13.0. The second-order valence-corrected chi connectivity index (χ2v) is 3.28. The first-order chi connectivity index (χ1) is 5.65. The van der Waals surface area contributed by atoms with Crippen LogP contribution in [0.4, 0.5) is 4.39 Å². The van der Waals surface area contributed by atoms with Crippen molar-refractivity contribution in [2.45, 2.75) is 4.84 Å². The molecule has 0 aliphatic carbocycles. The molecule has 1 aromatic rings. The summed E-state index contributed by atoms with van der Waals surface area (Å²) < 4.78 is 17.8. The van der Waals surface area contributed by atoms with E-state index in [4.69, 9.17) is 27.9 Å². The SMILES string of the molecule is COc1ccc(C(Cl)Cl)c(F)c1. The molecule has 1 aromatic carbocycles. The fourth-order valence-electron chi connectivity index (χ4n) is 0.812. The predicted molar refractivity (Wildman–Crippen MR) is 47.4 cm³/mol. The quantitative estimate of drug-likeness (QED) is 0.679. The minimum absolute atomic E-state index is 0.263. The molecule has 12 heavy (non-hydrogen) atoms. The van der Waals surface area contributed by atoms with E-state index >= 15 is 0 Å². The van der Waals surface area contributed by atoms with Crippen LogP contribution in [0, 0.1) is 5.82 Å². The molecule has 0 unspecified atom stereocenters. The van der Waals surface area contributed by atoms with Gasteiger partial charge in [-0.25, -0.2) is 4.39 Å². The molecule has 0 spiro atoms. The molecule has 0 bridgehead atoms. The summed E-state index contributed by atoms with van der Waals surface area (Å²) in [6, 6.07) is 4.35. The number of alkyl halides is 2. The molecule has 0 N–H and O–H groups in total. The van der Waals surface area contributed by atoms with Crippen LogP contribution in [0.3, 0.4) is 0 Å². The van der Waals surface area contributed by atoms with Gasteiger partial charge in [0.1, 0.15) is 16.4 Å². The van der Waals surface area contributed by atoms with Crippen LogP contribution in [-0.4, -0.2) is 7.11 Å². The summed E-state index contributed by atoms with van der Waals surface area (Å²) in [6.45, 7) is 0. The van der Waals surface area contributed by atoms with Crippen molar-refractivity contribution in [3.63, 3.8) is 0 Å². The van der Waals surface area contributed by atoms with Gasteiger partial charge < -0.3 is 4.74 Å². The van der Waals surface area contributed by atoms with Crippen LogP contribution < -0.4 is 4.74 Å². The minimum Gasteiger partial charge on any atom is -0.497 e. The molecule has 0 aliphatic heterocycles. The lowest BCUT2D eigenvalue weighted by molar-refractivity contribution is 0.411. The Hall–Kier alpha value is -0.470. The Labute approximate surface area is 80.0 Å². The number of halogens is 3. The van der Waals surface area contributed by atoms with Crippen LogP contribution in [0.2, 0.25) is 0 Å². The van der Waals surface area contributed by atoms with E-state index in [2.05, 4.69) is 0 Å². The third-order valence-electron chi connectivity index (χ3n) is 1.44. The number of hydrogen-bond acceptors (Lipinski definition) is 1. The molecule has 0 saturated heterocycles. The molecule has 0 fully saturated rings. The number of benzene rings is 1. The van der Waals surface area contributed by atoms with Crippen molar-refractivity contribution in [1.29, 1.82) is 0 Å². The third kappa shape index (κ3) is 2.02. The zero-order valence-corrected chi connectivity index (χ0v) is 7.86. The highest BCUT2D eigenvalue weighted by Crippen LogP contribution is 2.28. The molecular formula is C8H7Cl2FO. The molecule has 1 rings (SSSR count). The molecule has 0 aromatic heterocycles. The summed E-state index contributed by atoms with van der Waals surface area (Å²) in [5.74, 6) is -0.00502. The topological polar surface area (TPSA) is 9.23 Å². The third-order valence-corrected chi connectivity index (χ3v) is 1.91. The average Bonchev–Trinajstić information content (AvgIpc) is 2.03. The van der Waals surface area contributed by atoms with Gasteiger partial charge in [-0.3, -0.25) is 0 Å². The molecular weight excluding hydrogens is 202 g/mol. The lowest BCUT2D eigenvalue weighted by Gasteiger charge is -2.05. The number of rotatable bonds is 2. The lowest BCUT2D eigenvalue weighted by Crippen LogP contribution is -1.90. The first-order valence-corrected chi connectivity index (χ1v) is 4.14. The Kier molecular flexibility index (Phi) is 3.18. The highest BCUT2D eigenvalue weighted by Gasteiger charge is 2.09. The van der Waals surface area contributed by atoms with E-state index in [9.17, 15) is 4.39 Å². The Morgan fingerprint density at radius 1 is 1.42 bits per heavy atom. The highest BCUT2D eigenvalue weighted by molar-refractivity contribution is 6.44. The van der Waals surface area contributed by atoms with Crippen molar-refractivity contribution >= 4 is 23.2 Å². The molecule has 66 valence electrons. The van der Waals surface area contributed by atoms with Gasteiger partial charge in [0.2, 0.25) is 0 Å². The van der Waals surface area contributed by atoms with Crippen molar-refractivity contribution < 1.29 is 9.13 Å². The number of hydrogen-bond donors (Lipinski definition) is 0. The standard InChI is InChI=1S/C8H7Cl2FO/c1-12-5-2-3-6(8(9)10)7(11)4-5/h2-4,8H,1H3. The maximum atomic E-state index is 13.0.